The van der Waals surface area contributed by atoms with Crippen molar-refractivity contribution in [2.24, 2.45) is 21.5 Å². The standard InChI is InChI=1S/C26H39N7O/c1-20-11-12-21-19-22(13-14-23(21)30-20)29-17-9-4-2-3-5-10-18-34-33-25(28)31-24(27)32-26(33)15-7-6-8-16-26/h11-14,19,29H,2-10,15-18H2,1H3,(H4,27,28,31,32). The predicted octanol–water partition coefficient (Wildman–Crippen LogP) is 4.83. The van der Waals surface area contributed by atoms with Gasteiger partial charge in [-0.1, -0.05) is 38.2 Å². The van der Waals surface area contributed by atoms with Gasteiger partial charge in [-0.15, -0.1) is 0 Å². The SMILES string of the molecule is Cc1ccc2cc(NCCCCCCCCON3C(N)=NC(N)=NC34CCCCC4)ccc2n1. The average molecular weight is 466 g/mol. The number of hydrogen-bond donors (Lipinski definition) is 3. The second-order valence-corrected chi connectivity index (χ2v) is 9.52. The molecule has 2 aromatic rings. The Kier molecular flexibility index (Phi) is 8.21. The molecule has 0 saturated heterocycles. The van der Waals surface area contributed by atoms with Gasteiger partial charge in [-0.2, -0.15) is 10.1 Å². The van der Waals surface area contributed by atoms with Crippen LogP contribution in [-0.2, 0) is 4.84 Å². The van der Waals surface area contributed by atoms with Gasteiger partial charge in [-0.3, -0.25) is 9.82 Å². The van der Waals surface area contributed by atoms with Gasteiger partial charge in [-0.25, -0.2) is 4.99 Å². The first-order valence-electron chi connectivity index (χ1n) is 12.8. The van der Waals surface area contributed by atoms with E-state index in [1.165, 1.54) is 37.5 Å². The number of nitrogens with two attached hydrogens (primary N) is 2. The van der Waals surface area contributed by atoms with Crippen LogP contribution >= 0.6 is 0 Å². The smallest absolute Gasteiger partial charge is 0.226 e. The molecule has 1 aliphatic heterocycles. The first kappa shape index (κ1) is 24.3. The van der Waals surface area contributed by atoms with Crippen molar-refractivity contribution in [3.05, 3.63) is 36.0 Å². The summed E-state index contributed by atoms with van der Waals surface area (Å²) in [7, 11) is 0. The van der Waals surface area contributed by atoms with Gasteiger partial charge >= 0.3 is 0 Å². The van der Waals surface area contributed by atoms with Gasteiger partial charge in [0.25, 0.3) is 0 Å². The fourth-order valence-electron chi connectivity index (χ4n) is 4.94. The summed E-state index contributed by atoms with van der Waals surface area (Å²) in [5.41, 5.74) is 14.8. The second kappa shape index (κ2) is 11.5. The molecule has 1 aromatic heterocycles. The summed E-state index contributed by atoms with van der Waals surface area (Å²) in [6, 6.07) is 10.6. The van der Waals surface area contributed by atoms with Crippen LogP contribution in [-0.4, -0.2) is 40.8 Å². The molecule has 0 amide bonds. The molecule has 0 radical (unpaired) electrons. The number of aliphatic imine (C=N–C) groups is 2. The number of guanidine groups is 2. The molecule has 2 heterocycles. The summed E-state index contributed by atoms with van der Waals surface area (Å²) in [6.45, 7) is 3.65. The Bertz CT molecular complexity index is 1010. The number of hydroxylamine groups is 2. The van der Waals surface area contributed by atoms with Gasteiger partial charge in [-0.05, 0) is 69.7 Å². The van der Waals surface area contributed by atoms with E-state index in [0.29, 0.717) is 12.6 Å². The number of aromatic nitrogens is 1. The zero-order valence-corrected chi connectivity index (χ0v) is 20.4. The van der Waals surface area contributed by atoms with Crippen LogP contribution in [0.3, 0.4) is 0 Å². The third-order valence-electron chi connectivity index (χ3n) is 6.74. The molecule has 8 nitrogen and oxygen atoms in total. The molecule has 0 bridgehead atoms. The molecule has 4 rings (SSSR count). The molecule has 34 heavy (non-hydrogen) atoms. The molecule has 0 unspecified atom stereocenters. The maximum Gasteiger partial charge on any atom is 0.226 e. The number of fused-ring (bicyclic) bond motifs is 1. The van der Waals surface area contributed by atoms with Gasteiger partial charge in [0.2, 0.25) is 11.9 Å². The third-order valence-corrected chi connectivity index (χ3v) is 6.74. The number of benzene rings is 1. The monoisotopic (exact) mass is 465 g/mol. The van der Waals surface area contributed by atoms with E-state index in [0.717, 1.165) is 62.0 Å². The molecule has 1 spiro atoms. The van der Waals surface area contributed by atoms with Gasteiger partial charge in [0.15, 0.2) is 5.66 Å². The lowest BCUT2D eigenvalue weighted by Gasteiger charge is -2.44. The zero-order valence-electron chi connectivity index (χ0n) is 20.4. The molecule has 1 fully saturated rings. The van der Waals surface area contributed by atoms with Crippen molar-refractivity contribution >= 4 is 28.5 Å². The molecule has 1 saturated carbocycles. The average Bonchev–Trinajstić information content (AvgIpc) is 2.82. The second-order valence-electron chi connectivity index (χ2n) is 9.52. The minimum atomic E-state index is -0.457. The van der Waals surface area contributed by atoms with Crippen molar-refractivity contribution in [2.75, 3.05) is 18.5 Å². The zero-order chi connectivity index (χ0) is 23.8. The number of nitrogens with zero attached hydrogens (tertiary/aromatic N) is 4. The maximum atomic E-state index is 6.14. The summed E-state index contributed by atoms with van der Waals surface area (Å²) in [5, 5.41) is 6.45. The van der Waals surface area contributed by atoms with Gasteiger partial charge < -0.3 is 16.8 Å². The topological polar surface area (TPSA) is 114 Å². The van der Waals surface area contributed by atoms with E-state index in [-0.39, 0.29) is 5.96 Å². The van der Waals surface area contributed by atoms with Crippen LogP contribution in [0.1, 0.15) is 76.3 Å². The molecular formula is C26H39N7O. The number of unbranched alkanes of at least 4 members (excludes halogenated alkanes) is 5. The summed E-state index contributed by atoms with van der Waals surface area (Å²) >= 11 is 0. The van der Waals surface area contributed by atoms with Crippen LogP contribution < -0.4 is 16.8 Å². The largest absolute Gasteiger partial charge is 0.385 e. The third kappa shape index (κ3) is 6.17. The summed E-state index contributed by atoms with van der Waals surface area (Å²) in [5.74, 6) is 0.598. The molecule has 0 atom stereocenters. The van der Waals surface area contributed by atoms with Crippen LogP contribution in [0.4, 0.5) is 5.69 Å². The summed E-state index contributed by atoms with van der Waals surface area (Å²) in [6.07, 6.45) is 12.3. The Morgan fingerprint density at radius 1 is 0.971 bits per heavy atom. The van der Waals surface area contributed by atoms with Crippen LogP contribution in [0.25, 0.3) is 10.9 Å². The highest BCUT2D eigenvalue weighted by atomic mass is 16.7. The molecule has 184 valence electrons. The van der Waals surface area contributed by atoms with E-state index in [2.05, 4.69) is 50.6 Å². The van der Waals surface area contributed by atoms with Crippen molar-refractivity contribution in [1.29, 1.82) is 0 Å². The van der Waals surface area contributed by atoms with Gasteiger partial charge in [0, 0.05) is 23.3 Å². The first-order valence-corrected chi connectivity index (χ1v) is 12.8. The quantitative estimate of drug-likeness (QED) is 0.409. The van der Waals surface area contributed by atoms with E-state index < -0.39 is 5.66 Å². The predicted molar refractivity (Wildman–Crippen MR) is 140 cm³/mol. The highest BCUT2D eigenvalue weighted by Crippen LogP contribution is 2.36. The first-order chi connectivity index (χ1) is 16.6. The summed E-state index contributed by atoms with van der Waals surface area (Å²) < 4.78 is 0. The lowest BCUT2D eigenvalue weighted by Crippen LogP contribution is -2.57. The maximum absolute atomic E-state index is 6.14. The molecule has 8 heteroatoms. The van der Waals surface area contributed by atoms with Crippen molar-refractivity contribution in [2.45, 2.75) is 83.2 Å². The minimum Gasteiger partial charge on any atom is -0.385 e. The lowest BCUT2D eigenvalue weighted by atomic mass is 9.89. The Labute approximate surface area is 202 Å². The van der Waals surface area contributed by atoms with Gasteiger partial charge in [0.1, 0.15) is 0 Å². The molecular weight excluding hydrogens is 426 g/mol. The highest BCUT2D eigenvalue weighted by molar-refractivity contribution is 5.95. The molecule has 2 aliphatic rings. The van der Waals surface area contributed by atoms with Crippen molar-refractivity contribution in [3.63, 3.8) is 0 Å². The fourth-order valence-corrected chi connectivity index (χ4v) is 4.94. The number of pyridine rings is 1. The van der Waals surface area contributed by atoms with E-state index in [4.69, 9.17) is 16.3 Å². The number of aryl methyl sites for hydroxylation is 1. The molecule has 1 aliphatic carbocycles. The van der Waals surface area contributed by atoms with Crippen molar-refractivity contribution in [1.82, 2.24) is 10.0 Å². The van der Waals surface area contributed by atoms with Crippen LogP contribution in [0, 0.1) is 6.92 Å². The number of hydrogen-bond acceptors (Lipinski definition) is 8. The Morgan fingerprint density at radius 2 is 1.74 bits per heavy atom. The van der Waals surface area contributed by atoms with E-state index in [9.17, 15) is 0 Å². The molecule has 1 aromatic carbocycles. The van der Waals surface area contributed by atoms with E-state index in [1.807, 2.05) is 6.92 Å². The number of anilines is 1. The van der Waals surface area contributed by atoms with Crippen LogP contribution in [0.15, 0.2) is 40.3 Å². The number of rotatable bonds is 11. The van der Waals surface area contributed by atoms with Crippen molar-refractivity contribution < 1.29 is 4.84 Å². The Morgan fingerprint density at radius 3 is 2.56 bits per heavy atom. The Balaban J connectivity index is 1.08. The molecule has 5 N–H and O–H groups in total. The summed E-state index contributed by atoms with van der Waals surface area (Å²) in [4.78, 5) is 19.4. The van der Waals surface area contributed by atoms with Crippen molar-refractivity contribution in [3.8, 4) is 0 Å². The van der Waals surface area contributed by atoms with Crippen LogP contribution in [0.2, 0.25) is 0 Å². The Hall–Kier alpha value is -2.87. The van der Waals surface area contributed by atoms with E-state index in [1.54, 1.807) is 5.06 Å². The highest BCUT2D eigenvalue weighted by Gasteiger charge is 2.42. The van der Waals surface area contributed by atoms with Gasteiger partial charge in [0.05, 0.1) is 12.1 Å². The number of nitrogens with one attached hydrogen (secondary N) is 1. The lowest BCUT2D eigenvalue weighted by molar-refractivity contribution is -0.177. The van der Waals surface area contributed by atoms with Crippen LogP contribution in [0.5, 0.6) is 0 Å². The fraction of sp³-hybridized carbons (Fsp3) is 0.577. The van der Waals surface area contributed by atoms with E-state index >= 15 is 0 Å². The minimum absolute atomic E-state index is 0.265. The normalized spacial score (nSPS) is 17.6.